The van der Waals surface area contributed by atoms with E-state index in [2.05, 4.69) is 29.0 Å². The van der Waals surface area contributed by atoms with Gasteiger partial charge in [0, 0.05) is 17.8 Å². The molecule has 0 aliphatic carbocycles. The zero-order valence-corrected chi connectivity index (χ0v) is 19.5. The molecule has 34 heavy (non-hydrogen) atoms. The summed E-state index contributed by atoms with van der Waals surface area (Å²) in [6.45, 7) is 8.22. The van der Waals surface area contributed by atoms with Gasteiger partial charge < -0.3 is 9.84 Å². The maximum Gasteiger partial charge on any atom is 0.295 e. The third-order valence-corrected chi connectivity index (χ3v) is 5.69. The van der Waals surface area contributed by atoms with Gasteiger partial charge in [0.2, 0.25) is 5.88 Å². The van der Waals surface area contributed by atoms with Crippen LogP contribution in [0.2, 0.25) is 0 Å². The van der Waals surface area contributed by atoms with Crippen molar-refractivity contribution in [1.82, 2.24) is 15.2 Å². The monoisotopic (exact) mass is 458 g/mol. The maximum atomic E-state index is 13.6. The van der Waals surface area contributed by atoms with Crippen molar-refractivity contribution in [2.75, 3.05) is 11.5 Å². The number of nitrogens with zero attached hydrogens (tertiary/aromatic N) is 4. The molecule has 8 nitrogen and oxygen atoms in total. The molecule has 174 valence electrons. The lowest BCUT2D eigenvalue weighted by molar-refractivity contribution is -0.117. The number of pyridine rings is 1. The smallest absolute Gasteiger partial charge is 0.295 e. The van der Waals surface area contributed by atoms with Gasteiger partial charge in [-0.3, -0.25) is 14.5 Å². The van der Waals surface area contributed by atoms with Crippen LogP contribution in [-0.4, -0.2) is 38.6 Å². The van der Waals surface area contributed by atoms with E-state index < -0.39 is 23.5 Å². The number of rotatable bonds is 7. The van der Waals surface area contributed by atoms with Crippen LogP contribution < -0.4 is 9.64 Å². The molecule has 1 aliphatic rings. The second-order valence-electron chi connectivity index (χ2n) is 8.34. The van der Waals surface area contributed by atoms with Gasteiger partial charge in [-0.25, -0.2) is 4.98 Å². The number of carbonyl (C=O) groups excluding carboxylic acids is 2. The van der Waals surface area contributed by atoms with Gasteiger partial charge in [0.1, 0.15) is 0 Å². The number of ketones is 1. The summed E-state index contributed by atoms with van der Waals surface area (Å²) in [5, 5.41) is 19.0. The van der Waals surface area contributed by atoms with Crippen molar-refractivity contribution in [2.24, 2.45) is 0 Å². The fraction of sp³-hybridized carbons (Fsp3) is 0.269. The summed E-state index contributed by atoms with van der Waals surface area (Å²) >= 11 is 0. The Kier molecular flexibility index (Phi) is 6.40. The first-order valence-electron chi connectivity index (χ1n) is 11.1. The number of aliphatic hydroxyl groups excluding tert-OH is 1. The summed E-state index contributed by atoms with van der Waals surface area (Å²) in [5.41, 5.74) is 2.63. The number of aliphatic hydroxyl groups is 1. The van der Waals surface area contributed by atoms with Crippen LogP contribution in [0.25, 0.3) is 0 Å². The van der Waals surface area contributed by atoms with Crippen LogP contribution in [0.15, 0.2) is 66.1 Å². The van der Waals surface area contributed by atoms with Gasteiger partial charge >= 0.3 is 0 Å². The molecule has 0 radical (unpaired) electrons. The lowest BCUT2D eigenvalue weighted by atomic mass is 9.92. The molecule has 0 saturated carbocycles. The molecular weight excluding hydrogens is 432 g/mol. The van der Waals surface area contributed by atoms with E-state index in [4.69, 9.17) is 4.74 Å². The molecule has 1 unspecified atom stereocenters. The van der Waals surface area contributed by atoms with E-state index in [1.165, 1.54) is 11.1 Å². The van der Waals surface area contributed by atoms with Gasteiger partial charge in [-0.2, -0.15) is 5.10 Å². The molecule has 1 atom stereocenters. The van der Waals surface area contributed by atoms with Gasteiger partial charge in [-0.1, -0.05) is 38.1 Å². The summed E-state index contributed by atoms with van der Waals surface area (Å²) in [6, 6.07) is 13.0. The van der Waals surface area contributed by atoms with Crippen molar-refractivity contribution in [3.63, 3.8) is 0 Å². The zero-order valence-electron chi connectivity index (χ0n) is 19.5. The average Bonchev–Trinajstić information content (AvgIpc) is 3.10. The van der Waals surface area contributed by atoms with Crippen molar-refractivity contribution in [3.8, 4) is 5.88 Å². The van der Waals surface area contributed by atoms with Crippen LogP contribution >= 0.6 is 0 Å². The number of ether oxygens (including phenoxy) is 1. The quantitative estimate of drug-likeness (QED) is 0.520. The van der Waals surface area contributed by atoms with Crippen molar-refractivity contribution < 1.29 is 19.4 Å². The summed E-state index contributed by atoms with van der Waals surface area (Å²) in [6.07, 6.45) is 1.53. The van der Waals surface area contributed by atoms with Crippen LogP contribution in [-0.2, 0) is 4.79 Å². The fourth-order valence-corrected chi connectivity index (χ4v) is 3.87. The highest BCUT2D eigenvalue weighted by Crippen LogP contribution is 2.41. The molecule has 1 aliphatic heterocycles. The fourth-order valence-electron chi connectivity index (χ4n) is 3.87. The van der Waals surface area contributed by atoms with Gasteiger partial charge in [-0.15, -0.1) is 5.10 Å². The summed E-state index contributed by atoms with van der Waals surface area (Å²) in [5.74, 6) is -0.828. The van der Waals surface area contributed by atoms with E-state index >= 15 is 0 Å². The van der Waals surface area contributed by atoms with Gasteiger partial charge in [-0.05, 0) is 49.1 Å². The van der Waals surface area contributed by atoms with E-state index in [1.807, 2.05) is 19.1 Å². The van der Waals surface area contributed by atoms with Crippen molar-refractivity contribution in [1.29, 1.82) is 0 Å². The van der Waals surface area contributed by atoms with Crippen LogP contribution in [0.4, 0.5) is 5.82 Å². The molecule has 0 saturated heterocycles. The summed E-state index contributed by atoms with van der Waals surface area (Å²) < 4.78 is 5.42. The Morgan fingerprint density at radius 2 is 1.82 bits per heavy atom. The number of hydrogen-bond acceptors (Lipinski definition) is 7. The molecule has 0 fully saturated rings. The first kappa shape index (κ1) is 23.1. The highest BCUT2D eigenvalue weighted by Gasteiger charge is 2.45. The Hall–Kier alpha value is -4.07. The molecule has 4 rings (SSSR count). The molecule has 0 bridgehead atoms. The minimum absolute atomic E-state index is 0.0318. The second kappa shape index (κ2) is 9.43. The third-order valence-electron chi connectivity index (χ3n) is 5.69. The first-order valence-corrected chi connectivity index (χ1v) is 11.1. The van der Waals surface area contributed by atoms with Gasteiger partial charge in [0.15, 0.2) is 17.4 Å². The van der Waals surface area contributed by atoms with Crippen LogP contribution in [0.5, 0.6) is 5.88 Å². The summed E-state index contributed by atoms with van der Waals surface area (Å²) in [4.78, 5) is 32.3. The molecule has 3 heterocycles. The number of amides is 1. The molecule has 1 N–H and O–H groups in total. The molecule has 8 heteroatoms. The molecule has 3 aromatic rings. The van der Waals surface area contributed by atoms with Crippen molar-refractivity contribution >= 4 is 17.5 Å². The molecule has 1 aromatic carbocycles. The minimum Gasteiger partial charge on any atom is -0.503 e. The average molecular weight is 459 g/mol. The van der Waals surface area contributed by atoms with Gasteiger partial charge in [0.05, 0.1) is 23.9 Å². The van der Waals surface area contributed by atoms with Crippen LogP contribution in [0.3, 0.4) is 0 Å². The van der Waals surface area contributed by atoms with E-state index in [1.54, 1.807) is 43.3 Å². The number of aryl methyl sites for hydroxylation is 1. The Morgan fingerprint density at radius 1 is 1.09 bits per heavy atom. The first-order chi connectivity index (χ1) is 16.3. The Labute approximate surface area is 197 Å². The number of hydrogen-bond donors (Lipinski definition) is 1. The molecule has 0 spiro atoms. The normalized spacial score (nSPS) is 15.9. The topological polar surface area (TPSA) is 106 Å². The SMILES string of the molecule is CCOc1ccc(C2C(C(=O)c3ccc(C(C)C)cc3)=C(O)C(=O)N2c2ccc(C)nn2)cn1. The minimum atomic E-state index is -0.926. The molecular formula is C26H26N4O4. The van der Waals surface area contributed by atoms with Gasteiger partial charge in [0.25, 0.3) is 5.91 Å². The zero-order chi connectivity index (χ0) is 24.4. The number of Topliss-reactive ketones (excluding diaryl/α,β-unsaturated/α-hetero) is 1. The highest BCUT2D eigenvalue weighted by molar-refractivity contribution is 6.20. The third kappa shape index (κ3) is 4.26. The highest BCUT2D eigenvalue weighted by atomic mass is 16.5. The van der Waals surface area contributed by atoms with Crippen molar-refractivity contribution in [2.45, 2.75) is 39.7 Å². The van der Waals surface area contributed by atoms with E-state index in [0.717, 1.165) is 5.56 Å². The standard InChI is InChI=1S/C26H26N4O4/c1-5-34-21-13-11-19(14-27-21)23-22(24(31)18-9-7-17(8-10-18)15(2)3)25(32)26(33)30(23)20-12-6-16(4)28-29-20/h6-15,23,32H,5H2,1-4H3. The lowest BCUT2D eigenvalue weighted by Crippen LogP contribution is -2.32. The summed E-state index contributed by atoms with van der Waals surface area (Å²) in [7, 11) is 0. The Balaban J connectivity index is 1.81. The predicted octanol–water partition coefficient (Wildman–Crippen LogP) is 4.49. The van der Waals surface area contributed by atoms with E-state index in [0.29, 0.717) is 35.2 Å². The number of aromatic nitrogens is 3. The Bertz CT molecular complexity index is 1230. The predicted molar refractivity (Wildman–Crippen MR) is 127 cm³/mol. The molecule has 1 amide bonds. The lowest BCUT2D eigenvalue weighted by Gasteiger charge is -2.25. The van der Waals surface area contributed by atoms with Crippen molar-refractivity contribution in [3.05, 3.63) is 88.4 Å². The maximum absolute atomic E-state index is 13.6. The number of carbonyl (C=O) groups is 2. The largest absolute Gasteiger partial charge is 0.503 e. The van der Waals surface area contributed by atoms with E-state index in [-0.39, 0.29) is 11.4 Å². The van der Waals surface area contributed by atoms with Crippen LogP contribution in [0.1, 0.15) is 59.9 Å². The van der Waals surface area contributed by atoms with Crippen LogP contribution in [0, 0.1) is 6.92 Å². The Morgan fingerprint density at radius 3 is 2.38 bits per heavy atom. The van der Waals surface area contributed by atoms with E-state index in [9.17, 15) is 14.7 Å². The number of benzene rings is 1. The molecule has 2 aromatic heterocycles. The number of anilines is 1. The second-order valence-corrected chi connectivity index (χ2v) is 8.34.